The van der Waals surface area contributed by atoms with Crippen molar-refractivity contribution < 1.29 is 23.5 Å². The number of thiophene rings is 1. The number of nitrogens with zero attached hydrogens (tertiary/aromatic N) is 3. The normalized spacial score (nSPS) is 16.4. The number of methoxy groups -OCH3 is 3. The number of likely N-dealkylation sites (tertiary alicyclic amines) is 1. The minimum Gasteiger partial charge on any atom is -0.493 e. The Morgan fingerprint density at radius 3 is 2.70 bits per heavy atom. The third kappa shape index (κ3) is 5.45. The number of nitrogens with one attached hydrogen (secondary N) is 1. The van der Waals surface area contributed by atoms with Gasteiger partial charge in [-0.15, -0.1) is 11.3 Å². The van der Waals surface area contributed by atoms with Gasteiger partial charge in [-0.2, -0.15) is 4.98 Å². The van der Waals surface area contributed by atoms with Gasteiger partial charge in [0.25, 0.3) is 0 Å². The van der Waals surface area contributed by atoms with Crippen molar-refractivity contribution in [2.24, 2.45) is 5.92 Å². The van der Waals surface area contributed by atoms with Crippen LogP contribution in [0, 0.1) is 5.92 Å². The monoisotopic (exact) mass is 472 g/mol. The summed E-state index contributed by atoms with van der Waals surface area (Å²) < 4.78 is 21.6. The number of benzene rings is 1. The first-order chi connectivity index (χ1) is 16.1. The van der Waals surface area contributed by atoms with Crippen molar-refractivity contribution >= 4 is 17.2 Å². The second-order valence-corrected chi connectivity index (χ2v) is 8.76. The van der Waals surface area contributed by atoms with E-state index < -0.39 is 0 Å². The summed E-state index contributed by atoms with van der Waals surface area (Å²) in [4.78, 5) is 20.6. The molecule has 1 aromatic carbocycles. The quantitative estimate of drug-likeness (QED) is 0.506. The van der Waals surface area contributed by atoms with Crippen molar-refractivity contribution in [2.45, 2.75) is 25.9 Å². The minimum atomic E-state index is -0.0968. The Morgan fingerprint density at radius 1 is 1.24 bits per heavy atom. The molecule has 0 bridgehead atoms. The van der Waals surface area contributed by atoms with Crippen LogP contribution in [0.4, 0.5) is 0 Å². The number of ether oxygens (including phenoxy) is 3. The average molecular weight is 473 g/mol. The Bertz CT molecular complexity index is 1040. The fourth-order valence-corrected chi connectivity index (χ4v) is 4.65. The maximum absolute atomic E-state index is 12.9. The molecule has 1 N–H and O–H groups in total. The molecule has 0 aliphatic carbocycles. The number of hydrogen-bond donors (Lipinski definition) is 1. The van der Waals surface area contributed by atoms with E-state index in [0.29, 0.717) is 48.6 Å². The van der Waals surface area contributed by atoms with Crippen molar-refractivity contribution in [1.82, 2.24) is 20.4 Å². The summed E-state index contributed by atoms with van der Waals surface area (Å²) in [7, 11) is 4.71. The zero-order valence-electron chi connectivity index (χ0n) is 19.0. The first-order valence-corrected chi connectivity index (χ1v) is 11.6. The highest BCUT2D eigenvalue weighted by Crippen LogP contribution is 2.38. The lowest BCUT2D eigenvalue weighted by Crippen LogP contribution is -2.42. The Kier molecular flexibility index (Phi) is 7.46. The highest BCUT2D eigenvalue weighted by Gasteiger charge is 2.27. The fraction of sp³-hybridized carbons (Fsp3) is 0.435. The van der Waals surface area contributed by atoms with Crippen LogP contribution in [0.5, 0.6) is 17.2 Å². The molecule has 1 saturated heterocycles. The van der Waals surface area contributed by atoms with Crippen LogP contribution in [0.1, 0.15) is 24.3 Å². The van der Waals surface area contributed by atoms with E-state index in [1.807, 2.05) is 29.6 Å². The van der Waals surface area contributed by atoms with Gasteiger partial charge in [0.1, 0.15) is 0 Å². The molecule has 10 heteroatoms. The van der Waals surface area contributed by atoms with Crippen LogP contribution >= 0.6 is 11.3 Å². The summed E-state index contributed by atoms with van der Waals surface area (Å²) in [6.07, 6.45) is 1.79. The van der Waals surface area contributed by atoms with E-state index in [1.165, 1.54) is 0 Å². The minimum absolute atomic E-state index is 0.0262. The fourth-order valence-electron chi connectivity index (χ4n) is 4.00. The van der Waals surface area contributed by atoms with E-state index in [0.717, 1.165) is 29.8 Å². The number of rotatable bonds is 9. The van der Waals surface area contributed by atoms with Crippen LogP contribution in [-0.2, 0) is 17.9 Å². The smallest absolute Gasteiger partial charge is 0.241 e. The van der Waals surface area contributed by atoms with Gasteiger partial charge in [0, 0.05) is 13.1 Å². The standard InChI is InChI=1S/C23H28N4O5S/c1-29-17-10-15(11-18(30-2)21(17)31-3)12-24-23(28)16-6-4-8-27(13-16)14-20-25-22(26-32-20)19-7-5-9-33-19/h5,7,9-11,16H,4,6,8,12-14H2,1-3H3,(H,24,28). The molecule has 176 valence electrons. The van der Waals surface area contributed by atoms with E-state index in [4.69, 9.17) is 18.7 Å². The molecule has 0 spiro atoms. The summed E-state index contributed by atoms with van der Waals surface area (Å²) in [5.41, 5.74) is 0.873. The molecule has 9 nitrogen and oxygen atoms in total. The Balaban J connectivity index is 1.33. The third-order valence-electron chi connectivity index (χ3n) is 5.64. The zero-order valence-corrected chi connectivity index (χ0v) is 19.8. The van der Waals surface area contributed by atoms with Crippen molar-refractivity contribution in [3.05, 3.63) is 41.1 Å². The highest BCUT2D eigenvalue weighted by atomic mass is 32.1. The first kappa shape index (κ1) is 23.1. The van der Waals surface area contributed by atoms with Gasteiger partial charge < -0.3 is 24.1 Å². The summed E-state index contributed by atoms with van der Waals surface area (Å²) in [5.74, 6) is 2.76. The lowest BCUT2D eigenvalue weighted by atomic mass is 9.97. The van der Waals surface area contributed by atoms with Gasteiger partial charge in [-0.25, -0.2) is 0 Å². The van der Waals surface area contributed by atoms with Crippen molar-refractivity contribution in [3.8, 4) is 28.0 Å². The van der Waals surface area contributed by atoms with Crippen LogP contribution in [0.3, 0.4) is 0 Å². The Hall–Kier alpha value is -3.11. The molecule has 0 saturated carbocycles. The Morgan fingerprint density at radius 2 is 2.03 bits per heavy atom. The molecule has 1 atom stereocenters. The molecule has 4 rings (SSSR count). The van der Waals surface area contributed by atoms with Crippen LogP contribution in [0.25, 0.3) is 10.7 Å². The molecular formula is C23H28N4O5S. The SMILES string of the molecule is COc1cc(CNC(=O)C2CCCN(Cc3nc(-c4cccs4)no3)C2)cc(OC)c1OC. The average Bonchev–Trinajstić information content (AvgIpc) is 3.54. The second-order valence-electron chi connectivity index (χ2n) is 7.81. The summed E-state index contributed by atoms with van der Waals surface area (Å²) in [6, 6.07) is 7.61. The van der Waals surface area contributed by atoms with E-state index >= 15 is 0 Å². The van der Waals surface area contributed by atoms with E-state index in [2.05, 4.69) is 20.4 Å². The molecule has 3 heterocycles. The highest BCUT2D eigenvalue weighted by molar-refractivity contribution is 7.13. The molecule has 0 radical (unpaired) electrons. The topological polar surface area (TPSA) is 99.0 Å². The summed E-state index contributed by atoms with van der Waals surface area (Å²) >= 11 is 1.58. The zero-order chi connectivity index (χ0) is 23.2. The first-order valence-electron chi connectivity index (χ1n) is 10.8. The molecule has 1 unspecified atom stereocenters. The van der Waals surface area contributed by atoms with Crippen LogP contribution < -0.4 is 19.5 Å². The number of amides is 1. The van der Waals surface area contributed by atoms with Crippen molar-refractivity contribution in [3.63, 3.8) is 0 Å². The van der Waals surface area contributed by atoms with Crippen LogP contribution in [0.2, 0.25) is 0 Å². The summed E-state index contributed by atoms with van der Waals surface area (Å²) in [5, 5.41) is 9.10. The van der Waals surface area contributed by atoms with Gasteiger partial charge in [0.2, 0.25) is 23.4 Å². The molecule has 1 amide bonds. The van der Waals surface area contributed by atoms with E-state index in [1.54, 1.807) is 32.7 Å². The van der Waals surface area contributed by atoms with Gasteiger partial charge in [-0.1, -0.05) is 11.2 Å². The molecule has 3 aromatic rings. The predicted octanol–water partition coefficient (Wildman–Crippen LogP) is 3.35. The van der Waals surface area contributed by atoms with Gasteiger partial charge in [-0.05, 0) is 48.5 Å². The van der Waals surface area contributed by atoms with Gasteiger partial charge >= 0.3 is 0 Å². The third-order valence-corrected chi connectivity index (χ3v) is 6.50. The number of hydrogen-bond acceptors (Lipinski definition) is 9. The molecular weight excluding hydrogens is 444 g/mol. The molecule has 1 aliphatic rings. The summed E-state index contributed by atoms with van der Waals surface area (Å²) in [6.45, 7) is 2.46. The van der Waals surface area contributed by atoms with E-state index in [9.17, 15) is 4.79 Å². The molecule has 2 aromatic heterocycles. The Labute approximate surface area is 196 Å². The van der Waals surface area contributed by atoms with Gasteiger partial charge in [-0.3, -0.25) is 9.69 Å². The predicted molar refractivity (Wildman–Crippen MR) is 124 cm³/mol. The van der Waals surface area contributed by atoms with Gasteiger partial charge in [0.05, 0.1) is 38.7 Å². The van der Waals surface area contributed by atoms with Crippen LogP contribution in [-0.4, -0.2) is 55.4 Å². The number of carbonyl (C=O) groups is 1. The number of carbonyl (C=O) groups excluding carboxylic acids is 1. The van der Waals surface area contributed by atoms with Gasteiger partial charge in [0.15, 0.2) is 11.5 Å². The second kappa shape index (κ2) is 10.7. The van der Waals surface area contributed by atoms with Crippen LogP contribution in [0.15, 0.2) is 34.2 Å². The van der Waals surface area contributed by atoms with Crippen molar-refractivity contribution in [1.29, 1.82) is 0 Å². The molecule has 33 heavy (non-hydrogen) atoms. The lowest BCUT2D eigenvalue weighted by molar-refractivity contribution is -0.127. The number of aromatic nitrogens is 2. The molecule has 1 aliphatic heterocycles. The number of piperidine rings is 1. The molecule has 1 fully saturated rings. The lowest BCUT2D eigenvalue weighted by Gasteiger charge is -2.30. The van der Waals surface area contributed by atoms with E-state index in [-0.39, 0.29) is 11.8 Å². The largest absolute Gasteiger partial charge is 0.493 e. The van der Waals surface area contributed by atoms with Crippen molar-refractivity contribution in [2.75, 3.05) is 34.4 Å². The maximum atomic E-state index is 12.9. The maximum Gasteiger partial charge on any atom is 0.241 e.